The van der Waals surface area contributed by atoms with E-state index in [2.05, 4.69) is 10.1 Å². The first-order chi connectivity index (χ1) is 9.52. The number of esters is 1. The molecule has 0 radical (unpaired) electrons. The molecule has 20 heavy (non-hydrogen) atoms. The summed E-state index contributed by atoms with van der Waals surface area (Å²) in [6.45, 7) is 1.91. The minimum atomic E-state index is -0.579. The Kier molecular flexibility index (Phi) is 4.23. The van der Waals surface area contributed by atoms with Gasteiger partial charge in [-0.25, -0.2) is 18.9 Å². The van der Waals surface area contributed by atoms with Crippen LogP contribution in [0.2, 0.25) is 0 Å². The van der Waals surface area contributed by atoms with Gasteiger partial charge in [-0.2, -0.15) is 5.10 Å². The molecule has 1 aromatic carbocycles. The summed E-state index contributed by atoms with van der Waals surface area (Å²) in [7, 11) is 1.69. The molecular weight excluding hydrogens is 283 g/mol. The van der Waals surface area contributed by atoms with Gasteiger partial charge >= 0.3 is 5.97 Å². The molecule has 1 aromatic heterocycles. The van der Waals surface area contributed by atoms with Gasteiger partial charge in [-0.3, -0.25) is 0 Å². The molecule has 2 N–H and O–H groups in total. The molecule has 0 aliphatic heterocycles. The van der Waals surface area contributed by atoms with Crippen LogP contribution in [0.4, 0.5) is 10.1 Å². The maximum atomic E-state index is 13.9. The van der Waals surface area contributed by atoms with Crippen molar-refractivity contribution in [3.63, 3.8) is 0 Å². The molecule has 2 aromatic rings. The summed E-state index contributed by atoms with van der Waals surface area (Å²) >= 11 is 1.06. The van der Waals surface area contributed by atoms with Gasteiger partial charge in [0.15, 0.2) is 5.16 Å². The molecule has 2 rings (SSSR count). The van der Waals surface area contributed by atoms with E-state index in [-0.39, 0.29) is 22.8 Å². The average molecular weight is 296 g/mol. The van der Waals surface area contributed by atoms with Gasteiger partial charge in [0, 0.05) is 12.7 Å². The average Bonchev–Trinajstić information content (AvgIpc) is 2.78. The quantitative estimate of drug-likeness (QED) is 0.685. The molecule has 0 aliphatic carbocycles. The van der Waals surface area contributed by atoms with Crippen LogP contribution in [0, 0.1) is 5.82 Å². The second kappa shape index (κ2) is 5.91. The monoisotopic (exact) mass is 296 g/mol. The van der Waals surface area contributed by atoms with Crippen LogP contribution in [0.25, 0.3) is 0 Å². The van der Waals surface area contributed by atoms with E-state index >= 15 is 0 Å². The van der Waals surface area contributed by atoms with E-state index in [1.165, 1.54) is 17.1 Å². The number of carbonyl (C=O) groups is 1. The van der Waals surface area contributed by atoms with Crippen LogP contribution >= 0.6 is 11.8 Å². The lowest BCUT2D eigenvalue weighted by Gasteiger charge is -2.09. The fourth-order valence-corrected chi connectivity index (χ4v) is 2.32. The van der Waals surface area contributed by atoms with Crippen molar-refractivity contribution < 1.29 is 13.9 Å². The maximum absolute atomic E-state index is 13.9. The molecule has 8 heteroatoms. The molecule has 0 saturated heterocycles. The highest BCUT2D eigenvalue weighted by atomic mass is 32.2. The molecule has 106 valence electrons. The lowest BCUT2D eigenvalue weighted by Crippen LogP contribution is -2.09. The SMILES string of the molecule is CCOC(=O)c1cc(Sc2ncnn2C)c(F)cc1N. The van der Waals surface area contributed by atoms with Crippen molar-refractivity contribution in [2.75, 3.05) is 12.3 Å². The van der Waals surface area contributed by atoms with Crippen LogP contribution in [0.3, 0.4) is 0 Å². The summed E-state index contributed by atoms with van der Waals surface area (Å²) in [5.41, 5.74) is 5.82. The standard InChI is InChI=1S/C12H13FN4O2S/c1-3-19-11(18)7-4-10(8(13)5-9(7)14)20-12-15-6-16-17(12)2/h4-6H,3,14H2,1-2H3. The second-order valence-electron chi connectivity index (χ2n) is 3.86. The molecule has 0 spiro atoms. The van der Waals surface area contributed by atoms with Crippen LogP contribution in [-0.4, -0.2) is 27.3 Å². The van der Waals surface area contributed by atoms with Gasteiger partial charge in [0.2, 0.25) is 0 Å². The zero-order valence-electron chi connectivity index (χ0n) is 11.0. The zero-order chi connectivity index (χ0) is 14.7. The molecule has 0 amide bonds. The Morgan fingerprint density at radius 3 is 2.90 bits per heavy atom. The Balaban J connectivity index is 2.36. The smallest absolute Gasteiger partial charge is 0.340 e. The van der Waals surface area contributed by atoms with Gasteiger partial charge in [0.05, 0.1) is 17.1 Å². The van der Waals surface area contributed by atoms with Gasteiger partial charge in [0.1, 0.15) is 12.1 Å². The number of anilines is 1. The number of benzene rings is 1. The van der Waals surface area contributed by atoms with Crippen molar-refractivity contribution in [3.05, 3.63) is 29.8 Å². The number of hydrogen-bond acceptors (Lipinski definition) is 6. The highest BCUT2D eigenvalue weighted by Gasteiger charge is 2.17. The van der Waals surface area contributed by atoms with Crippen LogP contribution in [0.5, 0.6) is 0 Å². The summed E-state index contributed by atoms with van der Waals surface area (Å²) < 4.78 is 20.3. The third kappa shape index (κ3) is 2.90. The molecule has 0 unspecified atom stereocenters. The number of nitrogens with two attached hydrogens (primary N) is 1. The number of ether oxygens (including phenoxy) is 1. The molecule has 0 bridgehead atoms. The maximum Gasteiger partial charge on any atom is 0.340 e. The third-order valence-corrected chi connectivity index (χ3v) is 3.56. The Bertz CT molecular complexity index is 644. The van der Waals surface area contributed by atoms with E-state index in [9.17, 15) is 9.18 Å². The normalized spacial score (nSPS) is 10.6. The number of halogens is 1. The molecular formula is C12H13FN4O2S. The summed E-state index contributed by atoms with van der Waals surface area (Å²) in [6, 6.07) is 2.47. The van der Waals surface area contributed by atoms with Crippen LogP contribution < -0.4 is 5.73 Å². The van der Waals surface area contributed by atoms with Crippen molar-refractivity contribution in [2.24, 2.45) is 7.05 Å². The first-order valence-corrected chi connectivity index (χ1v) is 6.62. The highest BCUT2D eigenvalue weighted by molar-refractivity contribution is 7.99. The molecule has 0 saturated carbocycles. The topological polar surface area (TPSA) is 83.0 Å². The Morgan fingerprint density at radius 1 is 1.55 bits per heavy atom. The number of aryl methyl sites for hydroxylation is 1. The highest BCUT2D eigenvalue weighted by Crippen LogP contribution is 2.31. The number of rotatable bonds is 4. The summed E-state index contributed by atoms with van der Waals surface area (Å²) in [5, 5.41) is 4.40. The van der Waals surface area contributed by atoms with Gasteiger partial charge < -0.3 is 10.5 Å². The largest absolute Gasteiger partial charge is 0.462 e. The minimum absolute atomic E-state index is 0.0447. The number of nitrogens with zero attached hydrogens (tertiary/aromatic N) is 3. The lowest BCUT2D eigenvalue weighted by atomic mass is 10.2. The number of hydrogen-bond donors (Lipinski definition) is 1. The lowest BCUT2D eigenvalue weighted by molar-refractivity contribution is 0.0527. The van der Waals surface area contributed by atoms with Crippen molar-refractivity contribution >= 4 is 23.4 Å². The van der Waals surface area contributed by atoms with Gasteiger partial charge in [-0.05, 0) is 30.8 Å². The summed E-state index contributed by atoms with van der Waals surface area (Å²) in [4.78, 5) is 16.0. The molecule has 6 nitrogen and oxygen atoms in total. The number of nitrogen functional groups attached to an aromatic ring is 1. The van der Waals surface area contributed by atoms with Crippen LogP contribution in [0.15, 0.2) is 28.5 Å². The second-order valence-corrected chi connectivity index (χ2v) is 4.87. The van der Waals surface area contributed by atoms with Crippen LogP contribution in [0.1, 0.15) is 17.3 Å². The van der Waals surface area contributed by atoms with Crippen molar-refractivity contribution in [2.45, 2.75) is 17.0 Å². The first kappa shape index (κ1) is 14.3. The van der Waals surface area contributed by atoms with E-state index in [0.717, 1.165) is 17.8 Å². The molecule has 0 aliphatic rings. The zero-order valence-corrected chi connectivity index (χ0v) is 11.8. The summed E-state index contributed by atoms with van der Waals surface area (Å²) in [5.74, 6) is -1.10. The van der Waals surface area contributed by atoms with E-state index in [4.69, 9.17) is 10.5 Å². The van der Waals surface area contributed by atoms with Gasteiger partial charge in [0.25, 0.3) is 0 Å². The van der Waals surface area contributed by atoms with Gasteiger partial charge in [-0.15, -0.1) is 0 Å². The molecule has 0 fully saturated rings. The number of aromatic nitrogens is 3. The third-order valence-electron chi connectivity index (χ3n) is 2.47. The fourth-order valence-electron chi connectivity index (χ4n) is 1.51. The van der Waals surface area contributed by atoms with Crippen molar-refractivity contribution in [3.8, 4) is 0 Å². The Labute approximate surface area is 119 Å². The molecule has 0 atom stereocenters. The van der Waals surface area contributed by atoms with E-state index in [1.54, 1.807) is 14.0 Å². The Hall–Kier alpha value is -2.09. The first-order valence-electron chi connectivity index (χ1n) is 5.81. The van der Waals surface area contributed by atoms with E-state index in [0.29, 0.717) is 5.16 Å². The predicted octanol–water partition coefficient (Wildman–Crippen LogP) is 1.86. The van der Waals surface area contributed by atoms with Crippen molar-refractivity contribution in [1.29, 1.82) is 0 Å². The van der Waals surface area contributed by atoms with E-state index < -0.39 is 11.8 Å². The van der Waals surface area contributed by atoms with Crippen LogP contribution in [-0.2, 0) is 11.8 Å². The fraction of sp³-hybridized carbons (Fsp3) is 0.250. The number of carbonyl (C=O) groups excluding carboxylic acids is 1. The molecule has 1 heterocycles. The minimum Gasteiger partial charge on any atom is -0.462 e. The van der Waals surface area contributed by atoms with Gasteiger partial charge in [-0.1, -0.05) is 0 Å². The predicted molar refractivity (Wildman–Crippen MR) is 71.9 cm³/mol. The Morgan fingerprint density at radius 2 is 2.30 bits per heavy atom. The summed E-state index contributed by atoms with van der Waals surface area (Å²) in [6.07, 6.45) is 1.36. The van der Waals surface area contributed by atoms with E-state index in [1.807, 2.05) is 0 Å². The van der Waals surface area contributed by atoms with Crippen molar-refractivity contribution in [1.82, 2.24) is 14.8 Å².